The summed E-state index contributed by atoms with van der Waals surface area (Å²) < 4.78 is 34.7. The van der Waals surface area contributed by atoms with Gasteiger partial charge in [-0.15, -0.1) is 0 Å². The molecule has 25 heavy (non-hydrogen) atoms. The molecule has 0 aromatic heterocycles. The molecule has 3 aromatic rings. The zero-order valence-electron chi connectivity index (χ0n) is 13.0. The average Bonchev–Trinajstić information content (AvgIpc) is 2.63. The quantitative estimate of drug-likeness (QED) is 0.397. The zero-order chi connectivity index (χ0) is 17.7. The van der Waals surface area contributed by atoms with E-state index >= 15 is 0 Å². The third kappa shape index (κ3) is 4.24. The molecule has 0 atom stereocenters. The summed E-state index contributed by atoms with van der Waals surface area (Å²) in [6.45, 7) is 0. The van der Waals surface area contributed by atoms with Crippen LogP contribution in [-0.2, 0) is 10.1 Å². The summed E-state index contributed by atoms with van der Waals surface area (Å²) >= 11 is 0. The first-order valence-corrected chi connectivity index (χ1v) is 8.82. The molecule has 0 fully saturated rings. The lowest BCUT2D eigenvalue weighted by atomic mass is 10.2. The monoisotopic (exact) mass is 354 g/mol. The van der Waals surface area contributed by atoms with Crippen molar-refractivity contribution >= 4 is 16.1 Å². The molecule has 0 aliphatic carbocycles. The minimum absolute atomic E-state index is 0.0316. The maximum absolute atomic E-state index is 12.2. The van der Waals surface area contributed by atoms with Crippen LogP contribution in [0.15, 0.2) is 89.8 Å². The maximum Gasteiger partial charge on any atom is 0.343 e. The van der Waals surface area contributed by atoms with Crippen LogP contribution in [0, 0.1) is 0 Å². The molecule has 0 amide bonds. The highest BCUT2D eigenvalue weighted by molar-refractivity contribution is 7.87. The van der Waals surface area contributed by atoms with Crippen LogP contribution >= 0.6 is 0 Å². The largest absolute Gasteiger partial charge is 0.423 e. The molecule has 126 valence electrons. The predicted octanol–water partition coefficient (Wildman–Crippen LogP) is 3.67. The Kier molecular flexibility index (Phi) is 4.81. The van der Waals surface area contributed by atoms with Crippen molar-refractivity contribution in [1.82, 2.24) is 0 Å². The van der Waals surface area contributed by atoms with E-state index in [1.165, 1.54) is 24.3 Å². The van der Waals surface area contributed by atoms with Gasteiger partial charge in [0.2, 0.25) is 0 Å². The summed E-state index contributed by atoms with van der Waals surface area (Å²) in [5, 5.41) is 0. The normalized spacial score (nSPS) is 10.9. The van der Waals surface area contributed by atoms with Gasteiger partial charge in [0.1, 0.15) is 16.4 Å². The standard InChI is InChI=1S/C19H14O5S/c20-19(15-7-3-1-4-8-15)23-16-11-13-18(14-12-16)25(21,22)24-17-9-5-2-6-10-17/h1-14H. The Morgan fingerprint density at radius 1 is 0.680 bits per heavy atom. The van der Waals surface area contributed by atoms with E-state index in [-0.39, 0.29) is 16.4 Å². The second-order valence-electron chi connectivity index (χ2n) is 5.08. The zero-order valence-corrected chi connectivity index (χ0v) is 13.8. The van der Waals surface area contributed by atoms with E-state index < -0.39 is 16.1 Å². The summed E-state index contributed by atoms with van der Waals surface area (Å²) in [5.41, 5.74) is 0.409. The van der Waals surface area contributed by atoms with E-state index in [1.54, 1.807) is 60.7 Å². The number of ether oxygens (including phenoxy) is 1. The van der Waals surface area contributed by atoms with Gasteiger partial charge in [-0.3, -0.25) is 0 Å². The van der Waals surface area contributed by atoms with E-state index in [9.17, 15) is 13.2 Å². The lowest BCUT2D eigenvalue weighted by Crippen LogP contribution is -2.10. The van der Waals surface area contributed by atoms with Gasteiger partial charge in [-0.05, 0) is 48.5 Å². The van der Waals surface area contributed by atoms with Crippen molar-refractivity contribution in [2.45, 2.75) is 4.90 Å². The number of carbonyl (C=O) groups is 1. The molecule has 6 heteroatoms. The Balaban J connectivity index is 1.72. The number of para-hydroxylation sites is 1. The summed E-state index contributed by atoms with van der Waals surface area (Å²) in [7, 11) is -3.95. The summed E-state index contributed by atoms with van der Waals surface area (Å²) in [6, 6.07) is 22.2. The van der Waals surface area contributed by atoms with Crippen LogP contribution in [0.4, 0.5) is 0 Å². The van der Waals surface area contributed by atoms with E-state index in [4.69, 9.17) is 8.92 Å². The Morgan fingerprint density at radius 2 is 1.24 bits per heavy atom. The van der Waals surface area contributed by atoms with Crippen LogP contribution in [0.25, 0.3) is 0 Å². The van der Waals surface area contributed by atoms with Crippen LogP contribution in [0.5, 0.6) is 11.5 Å². The number of benzene rings is 3. The molecule has 0 unspecified atom stereocenters. The smallest absolute Gasteiger partial charge is 0.343 e. The third-order valence-corrected chi connectivity index (χ3v) is 4.54. The molecule has 3 aromatic carbocycles. The van der Waals surface area contributed by atoms with Gasteiger partial charge in [0.25, 0.3) is 0 Å². The number of hydrogen-bond donors (Lipinski definition) is 0. The Hall–Kier alpha value is -3.12. The van der Waals surface area contributed by atoms with Crippen molar-refractivity contribution in [1.29, 1.82) is 0 Å². The van der Waals surface area contributed by atoms with Gasteiger partial charge in [0.05, 0.1) is 5.56 Å². The minimum atomic E-state index is -3.95. The highest BCUT2D eigenvalue weighted by Crippen LogP contribution is 2.21. The van der Waals surface area contributed by atoms with Gasteiger partial charge in [0.15, 0.2) is 0 Å². The first-order valence-electron chi connectivity index (χ1n) is 7.41. The number of carbonyl (C=O) groups excluding carboxylic acids is 1. The van der Waals surface area contributed by atoms with Gasteiger partial charge in [-0.25, -0.2) is 4.79 Å². The van der Waals surface area contributed by atoms with Crippen molar-refractivity contribution in [3.05, 3.63) is 90.5 Å². The van der Waals surface area contributed by atoms with Crippen LogP contribution in [0.1, 0.15) is 10.4 Å². The Morgan fingerprint density at radius 3 is 1.84 bits per heavy atom. The van der Waals surface area contributed by atoms with E-state index in [0.29, 0.717) is 5.56 Å². The third-order valence-electron chi connectivity index (χ3n) is 3.28. The minimum Gasteiger partial charge on any atom is -0.423 e. The van der Waals surface area contributed by atoms with E-state index in [2.05, 4.69) is 0 Å². The Bertz CT molecular complexity index is 950. The van der Waals surface area contributed by atoms with Crippen LogP contribution in [0.3, 0.4) is 0 Å². The van der Waals surface area contributed by atoms with Crippen molar-refractivity contribution in [3.63, 3.8) is 0 Å². The van der Waals surface area contributed by atoms with Gasteiger partial charge in [-0.1, -0.05) is 36.4 Å². The molecule has 5 nitrogen and oxygen atoms in total. The highest BCUT2D eigenvalue weighted by atomic mass is 32.2. The molecule has 0 bridgehead atoms. The molecular formula is C19H14O5S. The lowest BCUT2D eigenvalue weighted by molar-refractivity contribution is 0.0734. The van der Waals surface area contributed by atoms with Gasteiger partial charge in [0, 0.05) is 0 Å². The van der Waals surface area contributed by atoms with Crippen LogP contribution in [-0.4, -0.2) is 14.4 Å². The summed E-state index contributed by atoms with van der Waals surface area (Å²) in [4.78, 5) is 11.9. The fraction of sp³-hybridized carbons (Fsp3) is 0. The second kappa shape index (κ2) is 7.19. The first-order chi connectivity index (χ1) is 12.0. The topological polar surface area (TPSA) is 69.7 Å². The number of esters is 1. The molecule has 0 radical (unpaired) electrons. The van der Waals surface area contributed by atoms with Gasteiger partial charge in [-0.2, -0.15) is 8.42 Å². The SMILES string of the molecule is O=C(Oc1ccc(S(=O)(=O)Oc2ccccc2)cc1)c1ccccc1. The van der Waals surface area contributed by atoms with Crippen molar-refractivity contribution in [3.8, 4) is 11.5 Å². The summed E-state index contributed by atoms with van der Waals surface area (Å²) in [5.74, 6) is -0.0497. The molecule has 0 aliphatic heterocycles. The molecule has 0 saturated heterocycles. The van der Waals surface area contributed by atoms with Crippen LogP contribution in [0.2, 0.25) is 0 Å². The molecule has 3 rings (SSSR count). The van der Waals surface area contributed by atoms with Crippen molar-refractivity contribution in [2.75, 3.05) is 0 Å². The molecular weight excluding hydrogens is 340 g/mol. The number of rotatable bonds is 5. The fourth-order valence-corrected chi connectivity index (χ4v) is 3.00. The molecule has 0 spiro atoms. The van der Waals surface area contributed by atoms with Gasteiger partial charge >= 0.3 is 16.1 Å². The molecule has 0 N–H and O–H groups in total. The van der Waals surface area contributed by atoms with E-state index in [0.717, 1.165) is 0 Å². The summed E-state index contributed by atoms with van der Waals surface area (Å²) in [6.07, 6.45) is 0. The van der Waals surface area contributed by atoms with Gasteiger partial charge < -0.3 is 8.92 Å². The fourth-order valence-electron chi connectivity index (χ4n) is 2.07. The van der Waals surface area contributed by atoms with Crippen molar-refractivity contribution < 1.29 is 22.1 Å². The second-order valence-corrected chi connectivity index (χ2v) is 6.62. The number of hydrogen-bond acceptors (Lipinski definition) is 5. The molecule has 0 saturated carbocycles. The maximum atomic E-state index is 12.2. The Labute approximate surface area is 145 Å². The van der Waals surface area contributed by atoms with Crippen LogP contribution < -0.4 is 8.92 Å². The predicted molar refractivity (Wildman–Crippen MR) is 92.1 cm³/mol. The highest BCUT2D eigenvalue weighted by Gasteiger charge is 2.17. The molecule has 0 heterocycles. The average molecular weight is 354 g/mol. The first kappa shape index (κ1) is 16.7. The molecule has 0 aliphatic rings. The van der Waals surface area contributed by atoms with Crippen molar-refractivity contribution in [2.24, 2.45) is 0 Å². The lowest BCUT2D eigenvalue weighted by Gasteiger charge is -2.08. The van der Waals surface area contributed by atoms with E-state index in [1.807, 2.05) is 0 Å².